The molecule has 94 valence electrons. The van der Waals surface area contributed by atoms with Crippen LogP contribution in [0.25, 0.3) is 0 Å². The predicted octanol–water partition coefficient (Wildman–Crippen LogP) is 3.04. The molecule has 1 aromatic carbocycles. The monoisotopic (exact) mass is 246 g/mol. The van der Waals surface area contributed by atoms with Crippen molar-refractivity contribution in [1.82, 2.24) is 4.98 Å². The first-order valence-corrected chi connectivity index (χ1v) is 5.72. The van der Waals surface area contributed by atoms with Crippen molar-refractivity contribution in [3.63, 3.8) is 0 Å². The van der Waals surface area contributed by atoms with Gasteiger partial charge in [0.15, 0.2) is 0 Å². The third-order valence-electron chi connectivity index (χ3n) is 2.80. The topological polar surface area (TPSA) is 36.4 Å². The van der Waals surface area contributed by atoms with E-state index in [-0.39, 0.29) is 5.82 Å². The predicted molar refractivity (Wildman–Crippen MR) is 69.3 cm³/mol. The standard InChI is InChI=1S/C14H15FN2O/c1-10(18)13-4-3-9-16-14(13)17(2)12-7-5-11(15)6-8-12/h3-10,18H,1-2H3. The Bertz CT molecular complexity index is 526. The Balaban J connectivity index is 2.39. The number of aromatic nitrogens is 1. The molecule has 0 bridgehead atoms. The van der Waals surface area contributed by atoms with Crippen LogP contribution in [0, 0.1) is 5.82 Å². The third kappa shape index (κ3) is 2.49. The van der Waals surface area contributed by atoms with Crippen LogP contribution >= 0.6 is 0 Å². The fraction of sp³-hybridized carbons (Fsp3) is 0.214. The second-order valence-electron chi connectivity index (χ2n) is 4.13. The van der Waals surface area contributed by atoms with Gasteiger partial charge in [-0.3, -0.25) is 0 Å². The van der Waals surface area contributed by atoms with Crippen LogP contribution in [0.15, 0.2) is 42.6 Å². The maximum Gasteiger partial charge on any atom is 0.138 e. The molecule has 1 heterocycles. The number of nitrogens with zero attached hydrogens (tertiary/aromatic N) is 2. The van der Waals surface area contributed by atoms with Crippen molar-refractivity contribution in [2.75, 3.05) is 11.9 Å². The first kappa shape index (κ1) is 12.5. The van der Waals surface area contributed by atoms with Crippen molar-refractivity contribution in [2.24, 2.45) is 0 Å². The van der Waals surface area contributed by atoms with E-state index in [0.29, 0.717) is 5.82 Å². The highest BCUT2D eigenvalue weighted by atomic mass is 19.1. The molecule has 0 spiro atoms. The van der Waals surface area contributed by atoms with Crippen molar-refractivity contribution in [3.8, 4) is 0 Å². The molecule has 3 nitrogen and oxygen atoms in total. The highest BCUT2D eigenvalue weighted by Crippen LogP contribution is 2.28. The summed E-state index contributed by atoms with van der Waals surface area (Å²) in [6, 6.07) is 9.76. The summed E-state index contributed by atoms with van der Waals surface area (Å²) in [6.07, 6.45) is 1.07. The fourth-order valence-electron chi connectivity index (χ4n) is 1.80. The Kier molecular flexibility index (Phi) is 3.58. The number of pyridine rings is 1. The normalized spacial score (nSPS) is 12.2. The minimum atomic E-state index is -0.600. The van der Waals surface area contributed by atoms with Gasteiger partial charge in [-0.1, -0.05) is 6.07 Å². The first-order chi connectivity index (χ1) is 8.59. The lowest BCUT2D eigenvalue weighted by atomic mass is 10.1. The maximum atomic E-state index is 12.9. The number of aliphatic hydroxyl groups is 1. The Labute approximate surface area is 106 Å². The maximum absolute atomic E-state index is 12.9. The van der Waals surface area contributed by atoms with Gasteiger partial charge < -0.3 is 10.0 Å². The fourth-order valence-corrected chi connectivity index (χ4v) is 1.80. The lowest BCUT2D eigenvalue weighted by molar-refractivity contribution is 0.199. The van der Waals surface area contributed by atoms with Crippen LogP contribution in [0.1, 0.15) is 18.6 Å². The molecule has 0 aliphatic carbocycles. The van der Waals surface area contributed by atoms with E-state index in [1.165, 1.54) is 12.1 Å². The number of anilines is 2. The van der Waals surface area contributed by atoms with Crippen LogP contribution in [0.3, 0.4) is 0 Å². The zero-order valence-electron chi connectivity index (χ0n) is 10.3. The summed E-state index contributed by atoms with van der Waals surface area (Å²) >= 11 is 0. The molecule has 1 aromatic heterocycles. The highest BCUT2D eigenvalue weighted by Gasteiger charge is 2.13. The average molecular weight is 246 g/mol. The van der Waals surface area contributed by atoms with Crippen LogP contribution in [0.5, 0.6) is 0 Å². The third-order valence-corrected chi connectivity index (χ3v) is 2.80. The van der Waals surface area contributed by atoms with Gasteiger partial charge in [0, 0.05) is 24.5 Å². The molecule has 0 saturated heterocycles. The number of aliphatic hydroxyl groups excluding tert-OH is 1. The molecule has 0 aliphatic heterocycles. The first-order valence-electron chi connectivity index (χ1n) is 5.72. The van der Waals surface area contributed by atoms with Crippen LogP contribution in [-0.4, -0.2) is 17.1 Å². The molecule has 0 aliphatic rings. The molecule has 0 radical (unpaired) electrons. The largest absolute Gasteiger partial charge is 0.389 e. The molecule has 0 amide bonds. The van der Waals surface area contributed by atoms with Gasteiger partial charge in [0.1, 0.15) is 11.6 Å². The molecule has 1 unspecified atom stereocenters. The second kappa shape index (κ2) is 5.14. The van der Waals surface area contributed by atoms with Crippen LogP contribution < -0.4 is 4.90 Å². The van der Waals surface area contributed by atoms with Gasteiger partial charge >= 0.3 is 0 Å². The molecule has 1 atom stereocenters. The van der Waals surface area contributed by atoms with E-state index in [9.17, 15) is 9.50 Å². The Morgan fingerprint density at radius 3 is 2.50 bits per heavy atom. The van der Waals surface area contributed by atoms with E-state index in [4.69, 9.17) is 0 Å². The number of benzene rings is 1. The zero-order valence-corrected chi connectivity index (χ0v) is 10.3. The SMILES string of the molecule is CC(O)c1cccnc1N(C)c1ccc(F)cc1. The van der Waals surface area contributed by atoms with Crippen molar-refractivity contribution < 1.29 is 9.50 Å². The minimum Gasteiger partial charge on any atom is -0.389 e. The second-order valence-corrected chi connectivity index (χ2v) is 4.13. The summed E-state index contributed by atoms with van der Waals surface area (Å²) in [7, 11) is 1.83. The molecule has 1 N–H and O–H groups in total. The molecule has 18 heavy (non-hydrogen) atoms. The number of hydrogen-bond donors (Lipinski definition) is 1. The lowest BCUT2D eigenvalue weighted by Gasteiger charge is -2.22. The molecule has 2 rings (SSSR count). The Morgan fingerprint density at radius 1 is 1.22 bits per heavy atom. The summed E-state index contributed by atoms with van der Waals surface area (Å²) < 4.78 is 12.9. The molecular formula is C14H15FN2O. The molecule has 0 fully saturated rings. The average Bonchev–Trinajstić information content (AvgIpc) is 2.39. The molecule has 0 saturated carbocycles. The number of halogens is 1. The van der Waals surface area contributed by atoms with Gasteiger partial charge in [-0.2, -0.15) is 0 Å². The summed E-state index contributed by atoms with van der Waals surface area (Å²) in [4.78, 5) is 6.09. The van der Waals surface area contributed by atoms with Crippen LogP contribution in [0.2, 0.25) is 0 Å². The van der Waals surface area contributed by atoms with E-state index in [2.05, 4.69) is 4.98 Å². The Hall–Kier alpha value is -1.94. The Morgan fingerprint density at radius 2 is 1.89 bits per heavy atom. The number of hydrogen-bond acceptors (Lipinski definition) is 3. The van der Waals surface area contributed by atoms with Gasteiger partial charge in [-0.25, -0.2) is 9.37 Å². The van der Waals surface area contributed by atoms with Gasteiger partial charge in [0.05, 0.1) is 6.10 Å². The quantitative estimate of drug-likeness (QED) is 0.904. The van der Waals surface area contributed by atoms with Crippen molar-refractivity contribution in [3.05, 3.63) is 54.0 Å². The summed E-state index contributed by atoms with van der Waals surface area (Å²) in [5, 5.41) is 9.72. The zero-order chi connectivity index (χ0) is 13.1. The summed E-state index contributed by atoms with van der Waals surface area (Å²) in [5.41, 5.74) is 1.56. The highest BCUT2D eigenvalue weighted by molar-refractivity contribution is 5.62. The van der Waals surface area contributed by atoms with Gasteiger partial charge in [0.25, 0.3) is 0 Å². The van der Waals surface area contributed by atoms with Crippen LogP contribution in [0.4, 0.5) is 15.9 Å². The lowest BCUT2D eigenvalue weighted by Crippen LogP contribution is -2.14. The van der Waals surface area contributed by atoms with E-state index >= 15 is 0 Å². The van der Waals surface area contributed by atoms with E-state index < -0.39 is 6.10 Å². The van der Waals surface area contributed by atoms with Crippen LogP contribution in [-0.2, 0) is 0 Å². The molecular weight excluding hydrogens is 231 g/mol. The van der Waals surface area contributed by atoms with Gasteiger partial charge in [-0.15, -0.1) is 0 Å². The van der Waals surface area contributed by atoms with Crippen molar-refractivity contribution in [1.29, 1.82) is 0 Å². The van der Waals surface area contributed by atoms with Gasteiger partial charge in [-0.05, 0) is 37.3 Å². The summed E-state index contributed by atoms with van der Waals surface area (Å²) in [5.74, 6) is 0.392. The van der Waals surface area contributed by atoms with E-state index in [0.717, 1.165) is 11.3 Å². The van der Waals surface area contributed by atoms with Crippen molar-refractivity contribution in [2.45, 2.75) is 13.0 Å². The summed E-state index contributed by atoms with van der Waals surface area (Å²) in [6.45, 7) is 1.69. The van der Waals surface area contributed by atoms with E-state index in [1.54, 1.807) is 31.3 Å². The molecule has 2 aromatic rings. The van der Waals surface area contributed by atoms with Crippen molar-refractivity contribution >= 4 is 11.5 Å². The molecule has 4 heteroatoms. The van der Waals surface area contributed by atoms with Gasteiger partial charge in [0.2, 0.25) is 0 Å². The minimum absolute atomic E-state index is 0.274. The number of rotatable bonds is 3. The van der Waals surface area contributed by atoms with E-state index in [1.807, 2.05) is 18.0 Å². The smallest absolute Gasteiger partial charge is 0.138 e.